The maximum absolute atomic E-state index is 2.36. The lowest BCUT2D eigenvalue weighted by Gasteiger charge is -2.04. The first-order chi connectivity index (χ1) is 12.6. The van der Waals surface area contributed by atoms with Gasteiger partial charge >= 0.3 is 5.82 Å². The van der Waals surface area contributed by atoms with E-state index in [9.17, 15) is 0 Å². The fourth-order valence-electron chi connectivity index (χ4n) is 3.62. The number of para-hydroxylation sites is 1. The fraction of sp³-hybridized carbons (Fsp3) is 0.217. The molecule has 0 aliphatic rings. The summed E-state index contributed by atoms with van der Waals surface area (Å²) in [7, 11) is 4.26. The molecule has 0 spiro atoms. The molecule has 2 aromatic carbocycles. The van der Waals surface area contributed by atoms with Crippen LogP contribution >= 0.6 is 0 Å². The highest BCUT2D eigenvalue weighted by atomic mass is 15.2. The average molecular weight is 343 g/mol. The summed E-state index contributed by atoms with van der Waals surface area (Å²) in [5, 5.41) is 0. The summed E-state index contributed by atoms with van der Waals surface area (Å²) >= 11 is 0. The Morgan fingerprint density at radius 2 is 1.58 bits per heavy atom. The van der Waals surface area contributed by atoms with Gasteiger partial charge in [0.05, 0.1) is 7.05 Å². The predicted molar refractivity (Wildman–Crippen MR) is 105 cm³/mol. The van der Waals surface area contributed by atoms with Crippen LogP contribution in [0.2, 0.25) is 0 Å². The fourth-order valence-corrected chi connectivity index (χ4v) is 3.62. The second kappa shape index (κ2) is 6.41. The van der Waals surface area contributed by atoms with E-state index in [0.717, 1.165) is 0 Å². The van der Waals surface area contributed by atoms with E-state index in [1.54, 1.807) is 0 Å². The van der Waals surface area contributed by atoms with Gasteiger partial charge in [-0.15, -0.1) is 0 Å². The van der Waals surface area contributed by atoms with Gasteiger partial charge < -0.3 is 0 Å². The van der Waals surface area contributed by atoms with Crippen LogP contribution in [-0.4, -0.2) is 4.57 Å². The minimum Gasteiger partial charge on any atom is -0.220 e. The van der Waals surface area contributed by atoms with E-state index >= 15 is 0 Å². The molecule has 0 bridgehead atoms. The minimum absolute atomic E-state index is 0.510. The molecule has 3 nitrogen and oxygen atoms in total. The Bertz CT molecular complexity index is 1080. The summed E-state index contributed by atoms with van der Waals surface area (Å²) in [5.41, 5.74) is 6.19. The highest BCUT2D eigenvalue weighted by Gasteiger charge is 2.31. The monoisotopic (exact) mass is 343 g/mol. The van der Waals surface area contributed by atoms with E-state index in [0.29, 0.717) is 5.92 Å². The standard InChI is InChI=1S/C23H25N3/c1-17(2)18-13-14-20-22(16-18)25(4)23(21-12-8-9-15-24(21)3)26(20)19-10-6-5-7-11-19/h5-17H,1-4H3/q+2. The molecule has 0 fully saturated rings. The van der Waals surface area contributed by atoms with E-state index in [-0.39, 0.29) is 0 Å². The van der Waals surface area contributed by atoms with Gasteiger partial charge in [-0.1, -0.05) is 38.1 Å². The van der Waals surface area contributed by atoms with Crippen molar-refractivity contribution >= 4 is 11.0 Å². The van der Waals surface area contributed by atoms with Crippen LogP contribution in [0.5, 0.6) is 0 Å². The van der Waals surface area contributed by atoms with Crippen LogP contribution in [0.25, 0.3) is 28.2 Å². The Kier molecular flexibility index (Phi) is 4.08. The zero-order chi connectivity index (χ0) is 18.3. The van der Waals surface area contributed by atoms with Crippen molar-refractivity contribution in [1.82, 2.24) is 4.57 Å². The van der Waals surface area contributed by atoms with Gasteiger partial charge in [-0.05, 0) is 41.8 Å². The molecule has 0 unspecified atom stereocenters. The summed E-state index contributed by atoms with van der Waals surface area (Å²) in [6.07, 6.45) is 2.10. The molecule has 0 amide bonds. The van der Waals surface area contributed by atoms with Gasteiger partial charge in [0.2, 0.25) is 0 Å². The Labute approximate surface area is 154 Å². The van der Waals surface area contributed by atoms with Crippen molar-refractivity contribution < 1.29 is 9.13 Å². The summed E-state index contributed by atoms with van der Waals surface area (Å²) in [4.78, 5) is 0. The molecule has 0 aliphatic carbocycles. The van der Waals surface area contributed by atoms with Crippen molar-refractivity contribution in [3.63, 3.8) is 0 Å². The highest BCUT2D eigenvalue weighted by molar-refractivity contribution is 5.79. The number of hydrogen-bond acceptors (Lipinski definition) is 0. The lowest BCUT2D eigenvalue weighted by molar-refractivity contribution is -0.680. The molecule has 2 heterocycles. The molecule has 3 heteroatoms. The van der Waals surface area contributed by atoms with Gasteiger partial charge in [-0.3, -0.25) is 0 Å². The molecule has 26 heavy (non-hydrogen) atoms. The molecular formula is C23H25N3+2. The Morgan fingerprint density at radius 3 is 2.27 bits per heavy atom. The zero-order valence-electron chi connectivity index (χ0n) is 15.8. The molecule has 0 saturated carbocycles. The molecule has 130 valence electrons. The number of hydrogen-bond donors (Lipinski definition) is 0. The first-order valence-electron chi connectivity index (χ1n) is 9.13. The zero-order valence-corrected chi connectivity index (χ0v) is 15.8. The highest BCUT2D eigenvalue weighted by Crippen LogP contribution is 2.27. The number of benzene rings is 2. The Hall–Kier alpha value is -2.94. The van der Waals surface area contributed by atoms with Gasteiger partial charge in [-0.25, -0.2) is 4.57 Å². The Balaban J connectivity index is 2.12. The lowest BCUT2D eigenvalue weighted by Crippen LogP contribution is -2.38. The number of fused-ring (bicyclic) bond motifs is 1. The van der Waals surface area contributed by atoms with Gasteiger partial charge in [0.1, 0.15) is 12.7 Å². The maximum atomic E-state index is 2.36. The van der Waals surface area contributed by atoms with Crippen LogP contribution in [0.4, 0.5) is 0 Å². The second-order valence-electron chi connectivity index (χ2n) is 7.15. The SMILES string of the molecule is CC(C)c1ccc2c(c1)[n+](C)c(-c1cccc[n+]1C)n2-c1ccccc1. The van der Waals surface area contributed by atoms with E-state index in [1.165, 1.54) is 33.8 Å². The number of nitrogens with zero attached hydrogens (tertiary/aromatic N) is 3. The molecule has 4 rings (SSSR count). The largest absolute Gasteiger partial charge is 0.360 e. The van der Waals surface area contributed by atoms with Crippen molar-refractivity contribution in [3.8, 4) is 17.2 Å². The molecule has 0 aliphatic heterocycles. The smallest absolute Gasteiger partial charge is 0.220 e. The lowest BCUT2D eigenvalue weighted by atomic mass is 10.0. The minimum atomic E-state index is 0.510. The van der Waals surface area contributed by atoms with E-state index in [1.807, 2.05) is 0 Å². The first-order valence-corrected chi connectivity index (χ1v) is 9.13. The summed E-state index contributed by atoms with van der Waals surface area (Å²) in [6.45, 7) is 4.49. The van der Waals surface area contributed by atoms with Gasteiger partial charge in [-0.2, -0.15) is 9.13 Å². The van der Waals surface area contributed by atoms with Crippen LogP contribution in [0.3, 0.4) is 0 Å². The predicted octanol–water partition coefficient (Wildman–Crippen LogP) is 4.07. The first kappa shape index (κ1) is 16.5. The average Bonchev–Trinajstić information content (AvgIpc) is 2.95. The summed E-state index contributed by atoms with van der Waals surface area (Å²) in [6, 6.07) is 23.8. The van der Waals surface area contributed by atoms with Crippen LogP contribution in [0.1, 0.15) is 25.3 Å². The summed E-state index contributed by atoms with van der Waals surface area (Å²) in [5.74, 6) is 1.69. The third-order valence-electron chi connectivity index (χ3n) is 5.10. The number of aryl methyl sites for hydroxylation is 2. The molecule has 0 radical (unpaired) electrons. The van der Waals surface area contributed by atoms with Crippen LogP contribution in [0.15, 0.2) is 72.9 Å². The topological polar surface area (TPSA) is 12.7 Å². The van der Waals surface area contributed by atoms with Gasteiger partial charge in [0, 0.05) is 12.1 Å². The third-order valence-corrected chi connectivity index (χ3v) is 5.10. The van der Waals surface area contributed by atoms with E-state index in [2.05, 4.69) is 115 Å². The molecular weight excluding hydrogens is 318 g/mol. The normalized spacial score (nSPS) is 11.4. The van der Waals surface area contributed by atoms with Gasteiger partial charge in [0.25, 0.3) is 5.69 Å². The van der Waals surface area contributed by atoms with Crippen LogP contribution < -0.4 is 9.13 Å². The number of imidazole rings is 1. The van der Waals surface area contributed by atoms with E-state index in [4.69, 9.17) is 0 Å². The van der Waals surface area contributed by atoms with Crippen molar-refractivity contribution in [2.45, 2.75) is 19.8 Å². The molecule has 0 saturated heterocycles. The molecule has 0 N–H and O–H groups in total. The molecule has 2 aromatic heterocycles. The number of aromatic nitrogens is 3. The summed E-state index contributed by atoms with van der Waals surface area (Å²) < 4.78 is 6.84. The maximum Gasteiger partial charge on any atom is 0.360 e. The quantitative estimate of drug-likeness (QED) is 0.497. The van der Waals surface area contributed by atoms with Crippen LogP contribution in [0, 0.1) is 0 Å². The van der Waals surface area contributed by atoms with E-state index < -0.39 is 0 Å². The van der Waals surface area contributed by atoms with Crippen molar-refractivity contribution in [1.29, 1.82) is 0 Å². The van der Waals surface area contributed by atoms with Crippen molar-refractivity contribution in [2.75, 3.05) is 0 Å². The van der Waals surface area contributed by atoms with Crippen molar-refractivity contribution in [2.24, 2.45) is 14.1 Å². The number of pyridine rings is 1. The van der Waals surface area contributed by atoms with Crippen LogP contribution in [-0.2, 0) is 14.1 Å². The number of rotatable bonds is 3. The third kappa shape index (κ3) is 2.60. The molecule has 0 atom stereocenters. The van der Waals surface area contributed by atoms with Gasteiger partial charge in [0.15, 0.2) is 17.2 Å². The molecule has 4 aromatic rings. The Morgan fingerprint density at radius 1 is 0.846 bits per heavy atom. The van der Waals surface area contributed by atoms with Crippen molar-refractivity contribution in [3.05, 3.63) is 78.5 Å². The second-order valence-corrected chi connectivity index (χ2v) is 7.15.